The van der Waals surface area contributed by atoms with E-state index in [1.54, 1.807) is 6.92 Å². The number of carbonyl (C=O) groups excluding carboxylic acids is 1. The largest absolute Gasteiger partial charge is 0.481 e. The summed E-state index contributed by atoms with van der Waals surface area (Å²) >= 11 is 0. The van der Waals surface area contributed by atoms with Crippen LogP contribution in [0.1, 0.15) is 25.0 Å². The van der Waals surface area contributed by atoms with E-state index in [1.807, 2.05) is 39.0 Å². The zero-order valence-electron chi connectivity index (χ0n) is 10.3. The molecule has 0 saturated carbocycles. The first-order valence-electron chi connectivity index (χ1n) is 5.56. The molecule has 1 atom stereocenters. The monoisotopic (exact) mass is 221 g/mol. The predicted octanol–water partition coefficient (Wildman–Crippen LogP) is 2.21. The fraction of sp³-hybridized carbons (Fsp3) is 0.462. The number of rotatable bonds is 4. The van der Waals surface area contributed by atoms with Crippen LogP contribution in [0.4, 0.5) is 0 Å². The maximum absolute atomic E-state index is 11.5. The molecule has 0 aliphatic rings. The SMILES string of the molecule is CCNC(=O)C(C)Oc1cccc(C)c1C. The molecule has 3 nitrogen and oxygen atoms in total. The summed E-state index contributed by atoms with van der Waals surface area (Å²) in [6.45, 7) is 8.29. The van der Waals surface area contributed by atoms with E-state index in [1.165, 1.54) is 5.56 Å². The summed E-state index contributed by atoms with van der Waals surface area (Å²) < 4.78 is 5.63. The summed E-state index contributed by atoms with van der Waals surface area (Å²) in [4.78, 5) is 11.5. The number of hydrogen-bond donors (Lipinski definition) is 1. The standard InChI is InChI=1S/C13H19NO2/c1-5-14-13(15)11(4)16-12-8-6-7-9(2)10(12)3/h6-8,11H,5H2,1-4H3,(H,14,15). The van der Waals surface area contributed by atoms with Crippen LogP contribution in [-0.2, 0) is 4.79 Å². The number of amides is 1. The van der Waals surface area contributed by atoms with Crippen molar-refractivity contribution in [3.05, 3.63) is 29.3 Å². The van der Waals surface area contributed by atoms with Crippen LogP contribution in [0.25, 0.3) is 0 Å². The van der Waals surface area contributed by atoms with Gasteiger partial charge in [0, 0.05) is 6.54 Å². The highest BCUT2D eigenvalue weighted by molar-refractivity contribution is 5.80. The zero-order valence-corrected chi connectivity index (χ0v) is 10.3. The molecule has 1 unspecified atom stereocenters. The van der Waals surface area contributed by atoms with E-state index >= 15 is 0 Å². The highest BCUT2D eigenvalue weighted by atomic mass is 16.5. The molecule has 16 heavy (non-hydrogen) atoms. The molecule has 1 rings (SSSR count). The smallest absolute Gasteiger partial charge is 0.260 e. The first-order chi connectivity index (χ1) is 7.56. The van der Waals surface area contributed by atoms with E-state index in [4.69, 9.17) is 4.74 Å². The molecular weight excluding hydrogens is 202 g/mol. The van der Waals surface area contributed by atoms with Gasteiger partial charge in [0.05, 0.1) is 0 Å². The van der Waals surface area contributed by atoms with Crippen LogP contribution < -0.4 is 10.1 Å². The summed E-state index contributed by atoms with van der Waals surface area (Å²) in [6.07, 6.45) is -0.458. The van der Waals surface area contributed by atoms with Crippen molar-refractivity contribution in [2.75, 3.05) is 6.54 Å². The summed E-state index contributed by atoms with van der Waals surface area (Å²) in [7, 11) is 0. The Hall–Kier alpha value is -1.51. The van der Waals surface area contributed by atoms with E-state index in [0.29, 0.717) is 6.54 Å². The van der Waals surface area contributed by atoms with Gasteiger partial charge in [-0.25, -0.2) is 0 Å². The van der Waals surface area contributed by atoms with Crippen molar-refractivity contribution in [1.29, 1.82) is 0 Å². The molecule has 0 aliphatic carbocycles. The Morgan fingerprint density at radius 2 is 2.12 bits per heavy atom. The van der Waals surface area contributed by atoms with Crippen molar-refractivity contribution in [2.24, 2.45) is 0 Å². The van der Waals surface area contributed by atoms with Gasteiger partial charge in [-0.1, -0.05) is 12.1 Å². The van der Waals surface area contributed by atoms with Crippen molar-refractivity contribution >= 4 is 5.91 Å². The lowest BCUT2D eigenvalue weighted by atomic mass is 10.1. The second kappa shape index (κ2) is 5.54. The molecule has 0 spiro atoms. The molecule has 1 aromatic rings. The minimum Gasteiger partial charge on any atom is -0.481 e. The van der Waals surface area contributed by atoms with Crippen LogP contribution in [0.15, 0.2) is 18.2 Å². The average Bonchev–Trinajstić information content (AvgIpc) is 2.25. The Balaban J connectivity index is 2.73. The third-order valence-corrected chi connectivity index (χ3v) is 2.58. The van der Waals surface area contributed by atoms with Gasteiger partial charge in [-0.05, 0) is 44.9 Å². The lowest BCUT2D eigenvalue weighted by Gasteiger charge is -2.16. The van der Waals surface area contributed by atoms with Gasteiger partial charge in [0.15, 0.2) is 6.10 Å². The quantitative estimate of drug-likeness (QED) is 0.846. The fourth-order valence-electron chi connectivity index (χ4n) is 1.41. The summed E-state index contributed by atoms with van der Waals surface area (Å²) in [5.74, 6) is 0.696. The molecule has 0 bridgehead atoms. The molecule has 1 N–H and O–H groups in total. The lowest BCUT2D eigenvalue weighted by molar-refractivity contribution is -0.127. The van der Waals surface area contributed by atoms with Gasteiger partial charge >= 0.3 is 0 Å². The Morgan fingerprint density at radius 3 is 2.75 bits per heavy atom. The second-order valence-electron chi connectivity index (χ2n) is 3.85. The van der Waals surface area contributed by atoms with Crippen molar-refractivity contribution in [3.8, 4) is 5.75 Å². The average molecular weight is 221 g/mol. The number of carbonyl (C=O) groups is 1. The molecule has 1 amide bonds. The number of benzene rings is 1. The minimum atomic E-state index is -0.458. The van der Waals surface area contributed by atoms with E-state index in [-0.39, 0.29) is 5.91 Å². The Kier molecular flexibility index (Phi) is 4.35. The predicted molar refractivity (Wildman–Crippen MR) is 64.7 cm³/mol. The van der Waals surface area contributed by atoms with Crippen molar-refractivity contribution < 1.29 is 9.53 Å². The van der Waals surface area contributed by atoms with E-state index < -0.39 is 6.10 Å². The van der Waals surface area contributed by atoms with Gasteiger partial charge in [-0.2, -0.15) is 0 Å². The summed E-state index contributed by atoms with van der Waals surface area (Å²) in [5, 5.41) is 2.74. The molecule has 0 heterocycles. The number of nitrogens with one attached hydrogen (secondary N) is 1. The molecule has 0 aliphatic heterocycles. The third-order valence-electron chi connectivity index (χ3n) is 2.58. The topological polar surface area (TPSA) is 38.3 Å². The highest BCUT2D eigenvalue weighted by Gasteiger charge is 2.14. The number of likely N-dealkylation sites (N-methyl/N-ethyl adjacent to an activating group) is 1. The van der Waals surface area contributed by atoms with Gasteiger partial charge < -0.3 is 10.1 Å². The molecule has 3 heteroatoms. The minimum absolute atomic E-state index is 0.0802. The summed E-state index contributed by atoms with van der Waals surface area (Å²) in [6, 6.07) is 5.85. The third kappa shape index (κ3) is 2.99. The van der Waals surface area contributed by atoms with E-state index in [0.717, 1.165) is 11.3 Å². The fourth-order valence-corrected chi connectivity index (χ4v) is 1.41. The van der Waals surface area contributed by atoms with Crippen LogP contribution in [0.2, 0.25) is 0 Å². The van der Waals surface area contributed by atoms with Crippen LogP contribution in [0, 0.1) is 13.8 Å². The first kappa shape index (κ1) is 12.6. The van der Waals surface area contributed by atoms with Gasteiger partial charge in [0.1, 0.15) is 5.75 Å². The number of hydrogen-bond acceptors (Lipinski definition) is 2. The second-order valence-corrected chi connectivity index (χ2v) is 3.85. The van der Waals surface area contributed by atoms with Gasteiger partial charge in [0.2, 0.25) is 0 Å². The molecule has 0 fully saturated rings. The maximum Gasteiger partial charge on any atom is 0.260 e. The number of aryl methyl sites for hydroxylation is 1. The van der Waals surface area contributed by atoms with Gasteiger partial charge in [0.25, 0.3) is 5.91 Å². The highest BCUT2D eigenvalue weighted by Crippen LogP contribution is 2.21. The zero-order chi connectivity index (χ0) is 12.1. The van der Waals surface area contributed by atoms with Crippen LogP contribution in [0.5, 0.6) is 5.75 Å². The number of ether oxygens (including phenoxy) is 1. The van der Waals surface area contributed by atoms with E-state index in [2.05, 4.69) is 5.32 Å². The molecular formula is C13H19NO2. The summed E-state index contributed by atoms with van der Waals surface area (Å²) in [5.41, 5.74) is 2.25. The van der Waals surface area contributed by atoms with Crippen LogP contribution in [0.3, 0.4) is 0 Å². The maximum atomic E-state index is 11.5. The molecule has 0 saturated heterocycles. The molecule has 0 aromatic heterocycles. The molecule has 1 aromatic carbocycles. The van der Waals surface area contributed by atoms with Crippen molar-refractivity contribution in [3.63, 3.8) is 0 Å². The van der Waals surface area contributed by atoms with Crippen LogP contribution in [-0.4, -0.2) is 18.6 Å². The molecule has 0 radical (unpaired) electrons. The van der Waals surface area contributed by atoms with Crippen molar-refractivity contribution in [1.82, 2.24) is 5.32 Å². The van der Waals surface area contributed by atoms with Crippen molar-refractivity contribution in [2.45, 2.75) is 33.8 Å². The first-order valence-corrected chi connectivity index (χ1v) is 5.56. The lowest BCUT2D eigenvalue weighted by Crippen LogP contribution is -2.36. The van der Waals surface area contributed by atoms with Crippen LogP contribution >= 0.6 is 0 Å². The molecule has 88 valence electrons. The van der Waals surface area contributed by atoms with Gasteiger partial charge in [-0.15, -0.1) is 0 Å². The Morgan fingerprint density at radius 1 is 1.44 bits per heavy atom. The van der Waals surface area contributed by atoms with Gasteiger partial charge in [-0.3, -0.25) is 4.79 Å². The van der Waals surface area contributed by atoms with E-state index in [9.17, 15) is 4.79 Å². The normalized spacial score (nSPS) is 12.0. The Labute approximate surface area is 96.8 Å². The Bertz CT molecular complexity index is 374.